The Labute approximate surface area is 121 Å². The average molecular weight is 300 g/mol. The molecule has 0 bridgehead atoms. The van der Waals surface area contributed by atoms with Crippen molar-refractivity contribution in [2.45, 2.75) is 57.2 Å². The largest absolute Gasteiger partial charge is 0.447 e. The van der Waals surface area contributed by atoms with Gasteiger partial charge in [-0.3, -0.25) is 0 Å². The summed E-state index contributed by atoms with van der Waals surface area (Å²) in [5, 5.41) is 3.20. The smallest absolute Gasteiger partial charge is 0.273 e. The molecule has 2 rings (SSSR count). The predicted octanol–water partition coefficient (Wildman–Crippen LogP) is 2.25. The molecular formula is C14H24N2O3S. The fourth-order valence-corrected chi connectivity index (χ4v) is 3.48. The average Bonchev–Trinajstić information content (AvgIpc) is 3.05. The molecule has 6 heteroatoms. The van der Waals surface area contributed by atoms with Crippen molar-refractivity contribution >= 4 is 10.0 Å². The molecule has 0 amide bonds. The molecule has 0 saturated heterocycles. The van der Waals surface area contributed by atoms with E-state index >= 15 is 0 Å². The van der Waals surface area contributed by atoms with E-state index in [4.69, 9.17) is 4.42 Å². The van der Waals surface area contributed by atoms with Crippen molar-refractivity contribution in [3.63, 3.8) is 0 Å². The summed E-state index contributed by atoms with van der Waals surface area (Å²) in [7, 11) is -3.51. The minimum Gasteiger partial charge on any atom is -0.447 e. The van der Waals surface area contributed by atoms with Gasteiger partial charge >= 0.3 is 0 Å². The fourth-order valence-electron chi connectivity index (χ4n) is 2.42. The lowest BCUT2D eigenvalue weighted by atomic mass is 10.1. The van der Waals surface area contributed by atoms with Crippen LogP contribution in [-0.2, 0) is 16.6 Å². The van der Waals surface area contributed by atoms with Gasteiger partial charge in [0.15, 0.2) is 0 Å². The Kier molecular flexibility index (Phi) is 5.23. The van der Waals surface area contributed by atoms with Crippen LogP contribution in [0.2, 0.25) is 0 Å². The monoisotopic (exact) mass is 300 g/mol. The molecule has 114 valence electrons. The van der Waals surface area contributed by atoms with E-state index in [9.17, 15) is 8.42 Å². The summed E-state index contributed by atoms with van der Waals surface area (Å²) in [4.78, 5) is 0. The number of nitrogens with one attached hydrogen (secondary N) is 2. The Balaban J connectivity index is 1.91. The fraction of sp³-hybridized carbons (Fsp3) is 0.714. The Bertz CT molecular complexity index is 516. The molecule has 1 saturated carbocycles. The van der Waals surface area contributed by atoms with Crippen LogP contribution in [0, 0.1) is 5.92 Å². The van der Waals surface area contributed by atoms with Crippen LogP contribution in [0.15, 0.2) is 21.6 Å². The van der Waals surface area contributed by atoms with Crippen LogP contribution in [0.1, 0.15) is 45.3 Å². The van der Waals surface area contributed by atoms with Crippen LogP contribution >= 0.6 is 0 Å². The summed E-state index contributed by atoms with van der Waals surface area (Å²) in [6, 6.07) is 3.56. The van der Waals surface area contributed by atoms with E-state index in [-0.39, 0.29) is 5.09 Å². The van der Waals surface area contributed by atoms with Crippen molar-refractivity contribution in [3.8, 4) is 0 Å². The first-order valence-electron chi connectivity index (χ1n) is 7.29. The van der Waals surface area contributed by atoms with Gasteiger partial charge in [-0.15, -0.1) is 0 Å². The highest BCUT2D eigenvalue weighted by atomic mass is 32.2. The van der Waals surface area contributed by atoms with Gasteiger partial charge in [0, 0.05) is 12.6 Å². The topological polar surface area (TPSA) is 71.3 Å². The second-order valence-electron chi connectivity index (χ2n) is 5.76. The summed E-state index contributed by atoms with van der Waals surface area (Å²) in [6.45, 7) is 5.12. The van der Waals surface area contributed by atoms with E-state index in [1.54, 1.807) is 6.07 Å². The first kappa shape index (κ1) is 15.5. The van der Waals surface area contributed by atoms with Crippen LogP contribution in [0.4, 0.5) is 0 Å². The highest BCUT2D eigenvalue weighted by Crippen LogP contribution is 2.24. The molecule has 0 aromatic carbocycles. The van der Waals surface area contributed by atoms with Gasteiger partial charge in [0.05, 0.1) is 6.54 Å². The van der Waals surface area contributed by atoms with Crippen LogP contribution < -0.4 is 10.0 Å². The standard InChI is InChI=1S/C14H24N2O3S/c1-11(2)15-10-13-7-8-14(19-13)20(17,18)16-9-12-5-3-4-6-12/h7-8,11-12,15-16H,3-6,9-10H2,1-2H3. The summed E-state index contributed by atoms with van der Waals surface area (Å²) < 4.78 is 32.3. The SMILES string of the molecule is CC(C)NCc1ccc(S(=O)(=O)NCC2CCCC2)o1. The van der Waals surface area contributed by atoms with Gasteiger partial charge < -0.3 is 9.73 Å². The van der Waals surface area contributed by atoms with Crippen LogP contribution in [0.25, 0.3) is 0 Å². The molecule has 2 N–H and O–H groups in total. The van der Waals surface area contributed by atoms with E-state index in [2.05, 4.69) is 10.0 Å². The zero-order valence-electron chi connectivity index (χ0n) is 12.2. The van der Waals surface area contributed by atoms with Crippen LogP contribution in [0.3, 0.4) is 0 Å². The number of rotatable bonds is 7. The number of hydrogen-bond donors (Lipinski definition) is 2. The van der Waals surface area contributed by atoms with Crippen molar-refractivity contribution in [2.24, 2.45) is 5.92 Å². The molecule has 1 aromatic heterocycles. The van der Waals surface area contributed by atoms with Gasteiger partial charge in [-0.05, 0) is 30.9 Å². The van der Waals surface area contributed by atoms with Crippen molar-refractivity contribution in [1.82, 2.24) is 10.0 Å². The molecule has 1 aromatic rings. The number of sulfonamides is 1. The summed E-state index contributed by atoms with van der Waals surface area (Å²) in [5.41, 5.74) is 0. The zero-order valence-corrected chi connectivity index (χ0v) is 13.0. The molecule has 1 aliphatic carbocycles. The number of hydrogen-bond acceptors (Lipinski definition) is 4. The van der Waals surface area contributed by atoms with Gasteiger partial charge in [-0.2, -0.15) is 0 Å². The third-order valence-corrected chi connectivity index (χ3v) is 4.92. The van der Waals surface area contributed by atoms with Crippen LogP contribution in [0.5, 0.6) is 0 Å². The highest BCUT2D eigenvalue weighted by molar-refractivity contribution is 7.89. The van der Waals surface area contributed by atoms with E-state index in [0.29, 0.717) is 30.8 Å². The third kappa shape index (κ3) is 4.33. The molecule has 5 nitrogen and oxygen atoms in total. The van der Waals surface area contributed by atoms with E-state index in [1.165, 1.54) is 18.9 Å². The maximum Gasteiger partial charge on any atom is 0.273 e. The molecule has 1 fully saturated rings. The molecule has 20 heavy (non-hydrogen) atoms. The van der Waals surface area contributed by atoms with Crippen molar-refractivity contribution in [3.05, 3.63) is 17.9 Å². The lowest BCUT2D eigenvalue weighted by molar-refractivity contribution is 0.391. The van der Waals surface area contributed by atoms with E-state index in [0.717, 1.165) is 12.8 Å². The predicted molar refractivity (Wildman–Crippen MR) is 77.8 cm³/mol. The second-order valence-corrected chi connectivity index (χ2v) is 7.46. The van der Waals surface area contributed by atoms with Gasteiger partial charge in [0.1, 0.15) is 5.76 Å². The summed E-state index contributed by atoms with van der Waals surface area (Å²) >= 11 is 0. The molecule has 0 radical (unpaired) electrons. The Hall–Kier alpha value is -0.850. The lowest BCUT2D eigenvalue weighted by Gasteiger charge is -2.09. The minimum absolute atomic E-state index is 0.0102. The maximum absolute atomic E-state index is 12.1. The molecule has 1 heterocycles. The van der Waals surface area contributed by atoms with Gasteiger partial charge in [-0.25, -0.2) is 13.1 Å². The molecule has 0 spiro atoms. The number of furan rings is 1. The molecule has 0 aliphatic heterocycles. The Morgan fingerprint density at radius 1 is 1.30 bits per heavy atom. The molecule has 0 atom stereocenters. The maximum atomic E-state index is 12.1. The summed E-state index contributed by atoms with van der Waals surface area (Å²) in [5.74, 6) is 1.11. The first-order chi connectivity index (χ1) is 9.47. The third-order valence-electron chi connectivity index (χ3n) is 3.62. The zero-order chi connectivity index (χ0) is 14.6. The van der Waals surface area contributed by atoms with Crippen molar-refractivity contribution in [1.29, 1.82) is 0 Å². The molecule has 0 unspecified atom stereocenters. The van der Waals surface area contributed by atoms with Crippen molar-refractivity contribution in [2.75, 3.05) is 6.54 Å². The van der Waals surface area contributed by atoms with Gasteiger partial charge in [0.25, 0.3) is 10.0 Å². The van der Waals surface area contributed by atoms with Crippen molar-refractivity contribution < 1.29 is 12.8 Å². The normalized spacial score (nSPS) is 17.1. The van der Waals surface area contributed by atoms with Gasteiger partial charge in [-0.1, -0.05) is 26.7 Å². The first-order valence-corrected chi connectivity index (χ1v) is 8.77. The quantitative estimate of drug-likeness (QED) is 0.810. The Morgan fingerprint density at radius 2 is 2.00 bits per heavy atom. The Morgan fingerprint density at radius 3 is 2.65 bits per heavy atom. The van der Waals surface area contributed by atoms with E-state index < -0.39 is 10.0 Å². The van der Waals surface area contributed by atoms with Gasteiger partial charge in [0.2, 0.25) is 5.09 Å². The highest BCUT2D eigenvalue weighted by Gasteiger charge is 2.22. The minimum atomic E-state index is -3.51. The summed E-state index contributed by atoms with van der Waals surface area (Å²) in [6.07, 6.45) is 4.64. The lowest BCUT2D eigenvalue weighted by Crippen LogP contribution is -2.28. The molecule has 1 aliphatic rings. The molecular weight excluding hydrogens is 276 g/mol. The van der Waals surface area contributed by atoms with Crippen LogP contribution in [-0.4, -0.2) is 21.0 Å². The van der Waals surface area contributed by atoms with E-state index in [1.807, 2.05) is 13.8 Å². The second kappa shape index (κ2) is 6.74.